The first-order valence-corrected chi connectivity index (χ1v) is 3.50. The highest BCUT2D eigenvalue weighted by molar-refractivity contribution is 9.11. The second-order valence-electron chi connectivity index (χ2n) is 1.96. The molecule has 1 aliphatic heterocycles. The summed E-state index contributed by atoms with van der Waals surface area (Å²) in [5, 5.41) is 0. The van der Waals surface area contributed by atoms with Gasteiger partial charge in [0.15, 0.2) is 0 Å². The van der Waals surface area contributed by atoms with Gasteiger partial charge in [-0.05, 0) is 0 Å². The van der Waals surface area contributed by atoms with Crippen LogP contribution in [0.3, 0.4) is 0 Å². The van der Waals surface area contributed by atoms with Crippen LogP contribution in [0.1, 0.15) is 6.42 Å². The Bertz CT molecular complexity index is 183. The van der Waals surface area contributed by atoms with Crippen LogP contribution in [-0.2, 0) is 0 Å². The number of hydrogen-bond donors (Lipinski definition) is 2. The van der Waals surface area contributed by atoms with E-state index in [0.717, 1.165) is 17.4 Å². The Morgan fingerprint density at radius 3 is 2.78 bits per heavy atom. The molecule has 0 saturated carbocycles. The third-order valence-electron chi connectivity index (χ3n) is 1.23. The van der Waals surface area contributed by atoms with E-state index in [1.54, 1.807) is 0 Å². The first-order valence-electron chi connectivity index (χ1n) is 2.71. The molecule has 0 aromatic carbocycles. The molecule has 4 heteroatoms. The van der Waals surface area contributed by atoms with E-state index in [0.29, 0.717) is 5.84 Å². The summed E-state index contributed by atoms with van der Waals surface area (Å²) in [7, 11) is 0. The number of nitrogens with two attached hydrogens (primary N) is 2. The summed E-state index contributed by atoms with van der Waals surface area (Å²) >= 11 is 3.33. The molecule has 0 bridgehead atoms. The number of rotatable bonds is 0. The standard InChI is InChI=1S/C5H8BrN3/c6-4-1-2-9(8)5(7)3-4/h3,7H,1-2,8H2/p+1. The predicted octanol–water partition coefficient (Wildman–Crippen LogP) is -0.0877. The fourth-order valence-electron chi connectivity index (χ4n) is 0.672. The molecule has 9 heavy (non-hydrogen) atoms. The van der Waals surface area contributed by atoms with E-state index in [2.05, 4.69) is 15.9 Å². The van der Waals surface area contributed by atoms with Gasteiger partial charge in [0, 0.05) is 17.0 Å². The summed E-state index contributed by atoms with van der Waals surface area (Å²) in [6, 6.07) is 0. The molecular weight excluding hydrogens is 182 g/mol. The average molecular weight is 191 g/mol. The van der Waals surface area contributed by atoms with Gasteiger partial charge in [-0.3, -0.25) is 11.6 Å². The van der Waals surface area contributed by atoms with Crippen molar-refractivity contribution >= 4 is 21.8 Å². The van der Waals surface area contributed by atoms with Crippen molar-refractivity contribution in [3.63, 3.8) is 0 Å². The van der Waals surface area contributed by atoms with Crippen molar-refractivity contribution in [2.75, 3.05) is 6.54 Å². The summed E-state index contributed by atoms with van der Waals surface area (Å²) in [6.45, 7) is 0.795. The van der Waals surface area contributed by atoms with E-state index in [1.807, 2.05) is 6.08 Å². The molecule has 1 rings (SSSR count). The molecule has 50 valence electrons. The van der Waals surface area contributed by atoms with Crippen molar-refractivity contribution in [2.24, 2.45) is 11.6 Å². The summed E-state index contributed by atoms with van der Waals surface area (Å²) in [6.07, 6.45) is 2.76. The Balaban J connectivity index is 2.83. The highest BCUT2D eigenvalue weighted by atomic mass is 79.9. The summed E-state index contributed by atoms with van der Waals surface area (Å²) in [5.41, 5.74) is 5.48. The normalized spacial score (nSPS) is 19.9. The van der Waals surface area contributed by atoms with Crippen molar-refractivity contribution in [1.82, 2.24) is 0 Å². The first-order chi connectivity index (χ1) is 4.20. The Hall–Kier alpha value is -0.510. The molecular formula is C5H9BrN3+. The Kier molecular flexibility index (Phi) is 1.75. The smallest absolute Gasteiger partial charge is 0.285 e. The number of amidine groups is 1. The van der Waals surface area contributed by atoms with Crippen LogP contribution in [0.4, 0.5) is 0 Å². The van der Waals surface area contributed by atoms with Crippen LogP contribution < -0.4 is 11.6 Å². The van der Waals surface area contributed by atoms with E-state index in [4.69, 9.17) is 11.6 Å². The monoisotopic (exact) mass is 190 g/mol. The number of hydrazone groups is 1. The Labute approximate surface area is 62.1 Å². The molecule has 0 atom stereocenters. The van der Waals surface area contributed by atoms with Crippen molar-refractivity contribution in [1.29, 1.82) is 0 Å². The predicted molar refractivity (Wildman–Crippen MR) is 40.1 cm³/mol. The minimum absolute atomic E-state index is 0.619. The second kappa shape index (κ2) is 2.39. The summed E-state index contributed by atoms with van der Waals surface area (Å²) in [4.78, 5) is 0. The molecule has 0 aromatic rings. The second-order valence-corrected chi connectivity index (χ2v) is 2.98. The van der Waals surface area contributed by atoms with E-state index in [1.165, 1.54) is 4.68 Å². The molecule has 1 aliphatic rings. The fraction of sp³-hybridized carbons (Fsp3) is 0.400. The zero-order chi connectivity index (χ0) is 6.85. The van der Waals surface area contributed by atoms with Gasteiger partial charge >= 0.3 is 0 Å². The van der Waals surface area contributed by atoms with Crippen LogP contribution in [0.5, 0.6) is 0 Å². The summed E-state index contributed by atoms with van der Waals surface area (Å²) < 4.78 is 2.65. The number of hydrogen-bond acceptors (Lipinski definition) is 2. The Morgan fingerprint density at radius 1 is 1.67 bits per heavy atom. The van der Waals surface area contributed by atoms with Crippen LogP contribution in [-0.4, -0.2) is 17.1 Å². The molecule has 0 amide bonds. The third-order valence-corrected chi connectivity index (χ3v) is 1.85. The van der Waals surface area contributed by atoms with E-state index in [-0.39, 0.29) is 0 Å². The maximum atomic E-state index is 5.48. The van der Waals surface area contributed by atoms with Gasteiger partial charge in [0.1, 0.15) is 6.54 Å². The van der Waals surface area contributed by atoms with Crippen molar-refractivity contribution < 1.29 is 4.68 Å². The van der Waals surface area contributed by atoms with E-state index >= 15 is 0 Å². The lowest BCUT2D eigenvalue weighted by Crippen LogP contribution is -2.35. The lowest BCUT2D eigenvalue weighted by molar-refractivity contribution is -0.540. The molecule has 3 nitrogen and oxygen atoms in total. The minimum atomic E-state index is 0.619. The lowest BCUT2D eigenvalue weighted by Gasteiger charge is -2.05. The van der Waals surface area contributed by atoms with Crippen molar-refractivity contribution in [3.8, 4) is 0 Å². The van der Waals surface area contributed by atoms with Crippen molar-refractivity contribution in [3.05, 3.63) is 10.6 Å². The van der Waals surface area contributed by atoms with E-state index in [9.17, 15) is 0 Å². The fourth-order valence-corrected chi connectivity index (χ4v) is 1.08. The average Bonchev–Trinajstić information content (AvgIpc) is 1.80. The van der Waals surface area contributed by atoms with Crippen LogP contribution >= 0.6 is 15.9 Å². The molecule has 0 spiro atoms. The molecule has 0 radical (unpaired) electrons. The topological polar surface area (TPSA) is 55.0 Å². The third kappa shape index (κ3) is 1.45. The maximum Gasteiger partial charge on any atom is 0.291 e. The largest absolute Gasteiger partial charge is 0.291 e. The van der Waals surface area contributed by atoms with Gasteiger partial charge in [-0.25, -0.2) is 0 Å². The van der Waals surface area contributed by atoms with Crippen LogP contribution in [0.15, 0.2) is 10.6 Å². The van der Waals surface area contributed by atoms with Crippen LogP contribution in [0, 0.1) is 0 Å². The number of halogens is 1. The molecule has 0 saturated heterocycles. The lowest BCUT2D eigenvalue weighted by atomic mass is 10.3. The molecule has 0 aliphatic carbocycles. The zero-order valence-corrected chi connectivity index (χ0v) is 6.56. The highest BCUT2D eigenvalue weighted by Gasteiger charge is 2.09. The van der Waals surface area contributed by atoms with Gasteiger partial charge in [0.25, 0.3) is 5.84 Å². The summed E-state index contributed by atoms with van der Waals surface area (Å²) in [5.74, 6) is 6.06. The zero-order valence-electron chi connectivity index (χ0n) is 4.97. The van der Waals surface area contributed by atoms with Crippen LogP contribution in [0.25, 0.3) is 0 Å². The quantitative estimate of drug-likeness (QED) is 0.415. The van der Waals surface area contributed by atoms with Gasteiger partial charge in [-0.2, -0.15) is 4.68 Å². The molecule has 0 aromatic heterocycles. The van der Waals surface area contributed by atoms with E-state index < -0.39 is 0 Å². The molecule has 0 unspecified atom stereocenters. The molecule has 0 fully saturated rings. The molecule has 1 heterocycles. The highest BCUT2D eigenvalue weighted by Crippen LogP contribution is 2.11. The number of nitrogens with zero attached hydrogens (tertiary/aromatic N) is 1. The SMILES string of the molecule is NC1=[N+](N)CCC(Br)=C1. The van der Waals surface area contributed by atoms with Gasteiger partial charge in [-0.15, -0.1) is 0 Å². The van der Waals surface area contributed by atoms with Crippen LogP contribution in [0.2, 0.25) is 0 Å². The van der Waals surface area contributed by atoms with Gasteiger partial charge in [-0.1, -0.05) is 15.9 Å². The molecule has 4 N–H and O–H groups in total. The van der Waals surface area contributed by atoms with Gasteiger partial charge < -0.3 is 0 Å². The van der Waals surface area contributed by atoms with Gasteiger partial charge in [0.05, 0.1) is 0 Å². The maximum absolute atomic E-state index is 5.48. The first kappa shape index (κ1) is 6.61. The minimum Gasteiger partial charge on any atom is -0.285 e. The van der Waals surface area contributed by atoms with Gasteiger partial charge in [0.2, 0.25) is 0 Å². The Morgan fingerprint density at radius 2 is 2.33 bits per heavy atom. The van der Waals surface area contributed by atoms with Crippen molar-refractivity contribution in [2.45, 2.75) is 6.42 Å². The number of hydrazine groups is 1.